The van der Waals surface area contributed by atoms with Crippen molar-refractivity contribution in [2.75, 3.05) is 30.8 Å². The maximum atomic E-state index is 13.8. The van der Waals surface area contributed by atoms with E-state index in [1.807, 2.05) is 19.2 Å². The first-order chi connectivity index (χ1) is 15.7. The molecule has 2 aliphatic heterocycles. The van der Waals surface area contributed by atoms with Gasteiger partial charge in [0.2, 0.25) is 5.95 Å². The number of hydrogen-bond donors (Lipinski definition) is 3. The van der Waals surface area contributed by atoms with E-state index in [9.17, 15) is 18.0 Å². The first-order valence-corrected chi connectivity index (χ1v) is 11.3. The Balaban J connectivity index is 1.55. The lowest BCUT2D eigenvalue weighted by molar-refractivity contribution is -0.137. The van der Waals surface area contributed by atoms with Crippen LogP contribution in [0.4, 0.5) is 29.8 Å². The molecule has 1 amide bonds. The van der Waals surface area contributed by atoms with Crippen molar-refractivity contribution in [3.8, 4) is 10.6 Å². The van der Waals surface area contributed by atoms with E-state index >= 15 is 0 Å². The highest BCUT2D eigenvalue weighted by molar-refractivity contribution is 7.19. The standard InChI is InChI=1S/C21H18ClF3N6OS/c1-31-8-10-4-14(22)15(5-11(10)9-31)29-20-28-7-13(21(23,24)25)17(30-20)16-6-12-18(32)26-2-3-27-19(12)33-16/h4-7,27H,2-3,8-9H2,1H3,(H,26,32)(H,28,29,30). The van der Waals surface area contributed by atoms with E-state index in [2.05, 4.69) is 30.8 Å². The van der Waals surface area contributed by atoms with Gasteiger partial charge in [0.15, 0.2) is 0 Å². The summed E-state index contributed by atoms with van der Waals surface area (Å²) in [5.74, 6) is -0.361. The summed E-state index contributed by atoms with van der Waals surface area (Å²) in [6, 6.07) is 5.13. The van der Waals surface area contributed by atoms with Gasteiger partial charge < -0.3 is 16.0 Å². The quantitative estimate of drug-likeness (QED) is 0.489. The van der Waals surface area contributed by atoms with Crippen molar-refractivity contribution in [3.63, 3.8) is 0 Å². The average molecular weight is 495 g/mol. The van der Waals surface area contributed by atoms with Crippen molar-refractivity contribution in [2.24, 2.45) is 0 Å². The Morgan fingerprint density at radius 1 is 1.15 bits per heavy atom. The van der Waals surface area contributed by atoms with Crippen LogP contribution in [0.5, 0.6) is 0 Å². The molecule has 33 heavy (non-hydrogen) atoms. The number of rotatable bonds is 3. The fraction of sp³-hybridized carbons (Fsp3) is 0.286. The molecule has 1 aromatic carbocycles. The molecule has 3 aromatic rings. The van der Waals surface area contributed by atoms with Gasteiger partial charge >= 0.3 is 6.18 Å². The molecule has 0 spiro atoms. The van der Waals surface area contributed by atoms with Crippen molar-refractivity contribution in [1.82, 2.24) is 20.2 Å². The number of alkyl halides is 3. The van der Waals surface area contributed by atoms with Crippen LogP contribution in [-0.4, -0.2) is 40.9 Å². The van der Waals surface area contributed by atoms with E-state index in [4.69, 9.17) is 11.6 Å². The van der Waals surface area contributed by atoms with Gasteiger partial charge in [0, 0.05) is 32.4 Å². The van der Waals surface area contributed by atoms with Crippen LogP contribution >= 0.6 is 22.9 Å². The monoisotopic (exact) mass is 494 g/mol. The summed E-state index contributed by atoms with van der Waals surface area (Å²) in [5.41, 5.74) is 1.71. The normalized spacial score (nSPS) is 16.0. The van der Waals surface area contributed by atoms with Crippen LogP contribution < -0.4 is 16.0 Å². The Kier molecular flexibility index (Phi) is 5.42. The maximum Gasteiger partial charge on any atom is 0.420 e. The van der Waals surface area contributed by atoms with Gasteiger partial charge in [-0.1, -0.05) is 11.6 Å². The number of aromatic nitrogens is 2. The number of anilines is 3. The summed E-state index contributed by atoms with van der Waals surface area (Å²) < 4.78 is 41.3. The van der Waals surface area contributed by atoms with Crippen molar-refractivity contribution < 1.29 is 18.0 Å². The number of hydrogen-bond acceptors (Lipinski definition) is 7. The van der Waals surface area contributed by atoms with Crippen LogP contribution in [0.1, 0.15) is 27.0 Å². The number of nitrogens with zero attached hydrogens (tertiary/aromatic N) is 3. The van der Waals surface area contributed by atoms with Gasteiger partial charge in [0.05, 0.1) is 26.8 Å². The largest absolute Gasteiger partial charge is 0.420 e. The molecule has 0 radical (unpaired) electrons. The van der Waals surface area contributed by atoms with Crippen molar-refractivity contribution in [2.45, 2.75) is 19.3 Å². The van der Waals surface area contributed by atoms with E-state index in [-0.39, 0.29) is 22.4 Å². The predicted octanol–water partition coefficient (Wildman–Crippen LogP) is 4.72. The van der Waals surface area contributed by atoms with Gasteiger partial charge in [-0.2, -0.15) is 13.2 Å². The van der Waals surface area contributed by atoms with Crippen molar-refractivity contribution in [1.29, 1.82) is 0 Å². The first kappa shape index (κ1) is 21.9. The van der Waals surface area contributed by atoms with E-state index in [1.165, 1.54) is 6.07 Å². The number of halogens is 4. The second kappa shape index (κ2) is 8.15. The van der Waals surface area contributed by atoms with Gasteiger partial charge in [0.25, 0.3) is 5.91 Å². The minimum Gasteiger partial charge on any atom is -0.374 e. The highest BCUT2D eigenvalue weighted by Crippen LogP contribution is 2.42. The molecule has 172 valence electrons. The van der Waals surface area contributed by atoms with Crippen LogP contribution in [0.3, 0.4) is 0 Å². The van der Waals surface area contributed by atoms with Crippen LogP contribution in [0.2, 0.25) is 5.02 Å². The fourth-order valence-electron chi connectivity index (χ4n) is 3.90. The Hall–Kier alpha value is -2.89. The summed E-state index contributed by atoms with van der Waals surface area (Å²) in [4.78, 5) is 22.7. The van der Waals surface area contributed by atoms with Crippen LogP contribution in [0.15, 0.2) is 24.4 Å². The molecule has 12 heteroatoms. The topological polar surface area (TPSA) is 82.2 Å². The molecule has 0 saturated carbocycles. The lowest BCUT2D eigenvalue weighted by Crippen LogP contribution is -2.24. The minimum atomic E-state index is -4.67. The average Bonchev–Trinajstić information content (AvgIpc) is 3.28. The van der Waals surface area contributed by atoms with Gasteiger partial charge in [-0.05, 0) is 36.4 Å². The van der Waals surface area contributed by atoms with Gasteiger partial charge in [-0.3, -0.25) is 9.69 Å². The predicted molar refractivity (Wildman–Crippen MR) is 121 cm³/mol. The maximum absolute atomic E-state index is 13.8. The van der Waals surface area contributed by atoms with Gasteiger partial charge in [0.1, 0.15) is 10.6 Å². The number of amides is 1. The lowest BCUT2D eigenvalue weighted by Gasteiger charge is -2.14. The number of fused-ring (bicyclic) bond motifs is 2. The van der Waals surface area contributed by atoms with Gasteiger partial charge in [-0.15, -0.1) is 11.3 Å². The van der Waals surface area contributed by atoms with E-state index in [0.717, 1.165) is 41.8 Å². The molecule has 0 unspecified atom stereocenters. The third-order valence-electron chi connectivity index (χ3n) is 5.42. The third-order valence-corrected chi connectivity index (χ3v) is 6.83. The molecule has 2 aliphatic rings. The number of carbonyl (C=O) groups excluding carboxylic acids is 1. The fourth-order valence-corrected chi connectivity index (χ4v) is 5.22. The number of thiophene rings is 1. The summed E-state index contributed by atoms with van der Waals surface area (Å²) in [5, 5.41) is 9.66. The first-order valence-electron chi connectivity index (χ1n) is 10.1. The van der Waals surface area contributed by atoms with Crippen molar-refractivity contribution >= 4 is 45.5 Å². The number of nitrogens with one attached hydrogen (secondary N) is 3. The smallest absolute Gasteiger partial charge is 0.374 e. The molecule has 5 rings (SSSR count). The van der Waals surface area contributed by atoms with Crippen LogP contribution in [-0.2, 0) is 19.3 Å². The molecule has 0 bridgehead atoms. The molecular weight excluding hydrogens is 477 g/mol. The molecule has 4 heterocycles. The Bertz CT molecular complexity index is 1260. The highest BCUT2D eigenvalue weighted by Gasteiger charge is 2.36. The number of carbonyl (C=O) groups is 1. The molecular formula is C21H18ClF3N6OS. The zero-order valence-electron chi connectivity index (χ0n) is 17.3. The minimum absolute atomic E-state index is 0.0211. The summed E-state index contributed by atoms with van der Waals surface area (Å²) in [6.45, 7) is 2.44. The Labute approximate surface area is 196 Å². The molecule has 0 saturated heterocycles. The zero-order valence-corrected chi connectivity index (χ0v) is 18.9. The summed E-state index contributed by atoms with van der Waals surface area (Å²) >= 11 is 7.45. The molecule has 2 aromatic heterocycles. The SMILES string of the molecule is CN1Cc2cc(Cl)c(Nc3ncc(C(F)(F)F)c(-c4cc5c(s4)NCCNC5=O)n3)cc2C1. The highest BCUT2D eigenvalue weighted by atomic mass is 35.5. The Morgan fingerprint density at radius 2 is 1.88 bits per heavy atom. The molecule has 7 nitrogen and oxygen atoms in total. The van der Waals surface area contributed by atoms with Gasteiger partial charge in [-0.25, -0.2) is 9.97 Å². The lowest BCUT2D eigenvalue weighted by atomic mass is 10.1. The van der Waals surface area contributed by atoms with E-state index in [1.54, 1.807) is 0 Å². The second-order valence-electron chi connectivity index (χ2n) is 7.89. The molecule has 0 aliphatic carbocycles. The molecule has 0 atom stereocenters. The van der Waals surface area contributed by atoms with E-state index in [0.29, 0.717) is 34.4 Å². The van der Waals surface area contributed by atoms with Crippen LogP contribution in [0.25, 0.3) is 10.6 Å². The van der Waals surface area contributed by atoms with E-state index < -0.39 is 11.7 Å². The van der Waals surface area contributed by atoms with Crippen LogP contribution in [0, 0.1) is 0 Å². The summed E-state index contributed by atoms with van der Waals surface area (Å²) in [7, 11) is 1.99. The zero-order chi connectivity index (χ0) is 23.3. The molecule has 0 fully saturated rings. The summed E-state index contributed by atoms with van der Waals surface area (Å²) in [6.07, 6.45) is -3.92. The second-order valence-corrected chi connectivity index (χ2v) is 9.35. The molecule has 3 N–H and O–H groups in total. The van der Waals surface area contributed by atoms with Crippen molar-refractivity contribution in [3.05, 3.63) is 51.7 Å². The number of benzene rings is 1. The Morgan fingerprint density at radius 3 is 2.64 bits per heavy atom. The third kappa shape index (κ3) is 4.23.